The van der Waals surface area contributed by atoms with Gasteiger partial charge in [0.2, 0.25) is 0 Å². The van der Waals surface area contributed by atoms with E-state index >= 15 is 0 Å². The Balaban J connectivity index is 1.36. The third kappa shape index (κ3) is 5.36. The summed E-state index contributed by atoms with van der Waals surface area (Å²) in [7, 11) is 0. The van der Waals surface area contributed by atoms with Gasteiger partial charge in [0, 0.05) is 28.6 Å². The molecule has 0 unspecified atom stereocenters. The molecule has 30 heavy (non-hydrogen) atoms. The standard InChI is InChI=1S/C24H31N3O2S/c1-2-26-13-15-27(16-14-26)20-11-9-19(10-12-20)25-24(28)22-7-3-4-8-23(22)30-18-21-6-5-17-29-21/h3-4,7-12,21H,2,5-6,13-18H2,1H3,(H,25,28)/p+1/t21-/m0/s1. The molecule has 0 aromatic heterocycles. The summed E-state index contributed by atoms with van der Waals surface area (Å²) < 4.78 is 5.72. The maximum Gasteiger partial charge on any atom is 0.256 e. The summed E-state index contributed by atoms with van der Waals surface area (Å²) in [5.74, 6) is 0.838. The van der Waals surface area contributed by atoms with Crippen LogP contribution in [0.15, 0.2) is 53.4 Å². The predicted octanol–water partition coefficient (Wildman–Crippen LogP) is 2.93. The normalized spacial score (nSPS) is 19.8. The highest BCUT2D eigenvalue weighted by Gasteiger charge is 2.20. The molecule has 2 fully saturated rings. The quantitative estimate of drug-likeness (QED) is 0.669. The van der Waals surface area contributed by atoms with Gasteiger partial charge in [-0.3, -0.25) is 4.79 Å². The minimum Gasteiger partial charge on any atom is -0.377 e. The zero-order valence-corrected chi connectivity index (χ0v) is 18.5. The van der Waals surface area contributed by atoms with E-state index in [1.165, 1.54) is 25.3 Å². The first-order chi connectivity index (χ1) is 14.7. The molecule has 2 saturated heterocycles. The van der Waals surface area contributed by atoms with Gasteiger partial charge in [-0.1, -0.05) is 12.1 Å². The minimum atomic E-state index is -0.0571. The molecule has 2 aliphatic rings. The second-order valence-electron chi connectivity index (χ2n) is 8.03. The van der Waals surface area contributed by atoms with Crippen LogP contribution in [0.2, 0.25) is 0 Å². The average molecular weight is 427 g/mol. The molecule has 2 heterocycles. The number of rotatable bonds is 7. The number of nitrogens with zero attached hydrogens (tertiary/aromatic N) is 1. The van der Waals surface area contributed by atoms with E-state index in [1.807, 2.05) is 36.4 Å². The first-order valence-electron chi connectivity index (χ1n) is 11.1. The van der Waals surface area contributed by atoms with Crippen molar-refractivity contribution < 1.29 is 14.4 Å². The van der Waals surface area contributed by atoms with Crippen LogP contribution in [-0.2, 0) is 4.74 Å². The van der Waals surface area contributed by atoms with E-state index < -0.39 is 0 Å². The van der Waals surface area contributed by atoms with Crippen molar-refractivity contribution in [3.63, 3.8) is 0 Å². The summed E-state index contributed by atoms with van der Waals surface area (Å²) in [5.41, 5.74) is 2.79. The fourth-order valence-electron chi connectivity index (χ4n) is 4.13. The first kappa shape index (κ1) is 21.2. The van der Waals surface area contributed by atoms with Gasteiger partial charge in [-0.25, -0.2) is 0 Å². The fraction of sp³-hybridized carbons (Fsp3) is 0.458. The summed E-state index contributed by atoms with van der Waals surface area (Å²) in [4.78, 5) is 18.0. The molecule has 0 saturated carbocycles. The van der Waals surface area contributed by atoms with E-state index in [4.69, 9.17) is 4.74 Å². The largest absolute Gasteiger partial charge is 0.377 e. The molecule has 5 nitrogen and oxygen atoms in total. The molecular weight excluding hydrogens is 394 g/mol. The van der Waals surface area contributed by atoms with Gasteiger partial charge in [0.1, 0.15) is 0 Å². The molecule has 2 aliphatic heterocycles. The van der Waals surface area contributed by atoms with Crippen molar-refractivity contribution in [1.29, 1.82) is 0 Å². The highest BCUT2D eigenvalue weighted by molar-refractivity contribution is 7.99. The van der Waals surface area contributed by atoms with E-state index in [0.29, 0.717) is 6.10 Å². The average Bonchev–Trinajstić information content (AvgIpc) is 3.32. The number of piperazine rings is 1. The molecule has 2 aromatic rings. The third-order valence-corrected chi connectivity index (χ3v) is 7.25. The molecule has 1 amide bonds. The Labute approximate surface area is 183 Å². The highest BCUT2D eigenvalue weighted by atomic mass is 32.2. The van der Waals surface area contributed by atoms with Gasteiger partial charge in [0.15, 0.2) is 0 Å². The van der Waals surface area contributed by atoms with Crippen molar-refractivity contribution in [3.05, 3.63) is 54.1 Å². The smallest absolute Gasteiger partial charge is 0.256 e. The van der Waals surface area contributed by atoms with E-state index in [9.17, 15) is 4.79 Å². The van der Waals surface area contributed by atoms with Gasteiger partial charge in [-0.2, -0.15) is 0 Å². The number of hydrogen-bond acceptors (Lipinski definition) is 4. The van der Waals surface area contributed by atoms with Crippen LogP contribution in [-0.4, -0.2) is 57.1 Å². The molecule has 2 N–H and O–H groups in total. The van der Waals surface area contributed by atoms with Gasteiger partial charge in [-0.05, 0) is 56.2 Å². The number of ether oxygens (including phenoxy) is 1. The molecule has 2 aromatic carbocycles. The van der Waals surface area contributed by atoms with Gasteiger partial charge in [0.25, 0.3) is 5.91 Å². The van der Waals surface area contributed by atoms with Crippen molar-refractivity contribution in [1.82, 2.24) is 0 Å². The molecule has 0 bridgehead atoms. The maximum absolute atomic E-state index is 12.9. The van der Waals surface area contributed by atoms with Gasteiger partial charge < -0.3 is 19.9 Å². The van der Waals surface area contributed by atoms with Crippen LogP contribution in [0.5, 0.6) is 0 Å². The summed E-state index contributed by atoms with van der Waals surface area (Å²) >= 11 is 1.71. The maximum atomic E-state index is 12.9. The number of anilines is 2. The summed E-state index contributed by atoms with van der Waals surface area (Å²) in [6, 6.07) is 16.1. The van der Waals surface area contributed by atoms with Crippen molar-refractivity contribution in [3.8, 4) is 0 Å². The molecule has 4 rings (SSSR count). The number of nitrogens with one attached hydrogen (secondary N) is 2. The third-order valence-electron chi connectivity index (χ3n) is 6.04. The number of carbonyl (C=O) groups is 1. The van der Waals surface area contributed by atoms with Gasteiger partial charge in [-0.15, -0.1) is 11.8 Å². The Hall–Kier alpha value is -2.02. The predicted molar refractivity (Wildman–Crippen MR) is 124 cm³/mol. The zero-order valence-electron chi connectivity index (χ0n) is 17.7. The number of amides is 1. The van der Waals surface area contributed by atoms with Crippen molar-refractivity contribution in [2.24, 2.45) is 0 Å². The molecular formula is C24H32N3O2S+. The molecule has 160 valence electrons. The highest BCUT2D eigenvalue weighted by Crippen LogP contribution is 2.27. The molecule has 0 aliphatic carbocycles. The molecule has 0 radical (unpaired) electrons. The minimum absolute atomic E-state index is 0.0571. The second-order valence-corrected chi connectivity index (χ2v) is 9.10. The lowest BCUT2D eigenvalue weighted by atomic mass is 10.2. The second kappa shape index (κ2) is 10.3. The van der Waals surface area contributed by atoms with Crippen LogP contribution in [0.25, 0.3) is 0 Å². The Morgan fingerprint density at radius 2 is 1.93 bits per heavy atom. The lowest BCUT2D eigenvalue weighted by Crippen LogP contribution is -3.14. The Morgan fingerprint density at radius 3 is 2.63 bits per heavy atom. The van der Waals surface area contributed by atoms with Crippen LogP contribution in [0.1, 0.15) is 30.1 Å². The first-order valence-corrected chi connectivity index (χ1v) is 12.0. The van der Waals surface area contributed by atoms with Crippen LogP contribution < -0.4 is 15.1 Å². The summed E-state index contributed by atoms with van der Waals surface area (Å²) in [5, 5.41) is 3.07. The Bertz CT molecular complexity index is 829. The van der Waals surface area contributed by atoms with E-state index in [2.05, 4.69) is 29.3 Å². The number of thioether (sulfide) groups is 1. The number of likely N-dealkylation sites (N-methyl/N-ethyl adjacent to an activating group) is 1. The number of carbonyl (C=O) groups excluding carboxylic acids is 1. The van der Waals surface area contributed by atoms with Crippen molar-refractivity contribution >= 4 is 29.0 Å². The van der Waals surface area contributed by atoms with Crippen LogP contribution in [0.4, 0.5) is 11.4 Å². The summed E-state index contributed by atoms with van der Waals surface area (Å²) in [6.07, 6.45) is 2.56. The molecule has 6 heteroatoms. The zero-order chi connectivity index (χ0) is 20.8. The van der Waals surface area contributed by atoms with E-state index in [1.54, 1.807) is 16.7 Å². The van der Waals surface area contributed by atoms with E-state index in [0.717, 1.165) is 54.4 Å². The monoisotopic (exact) mass is 426 g/mol. The topological polar surface area (TPSA) is 46.0 Å². The van der Waals surface area contributed by atoms with Crippen molar-refractivity contribution in [2.75, 3.05) is 55.3 Å². The summed E-state index contributed by atoms with van der Waals surface area (Å²) in [6.45, 7) is 8.87. The van der Waals surface area contributed by atoms with Gasteiger partial charge >= 0.3 is 0 Å². The van der Waals surface area contributed by atoms with Crippen LogP contribution >= 0.6 is 11.8 Å². The Kier molecular flexibility index (Phi) is 7.31. The number of hydrogen-bond donors (Lipinski definition) is 2. The lowest BCUT2D eigenvalue weighted by molar-refractivity contribution is -0.898. The molecule has 1 atom stereocenters. The fourth-order valence-corrected chi connectivity index (χ4v) is 5.25. The van der Waals surface area contributed by atoms with Crippen molar-refractivity contribution in [2.45, 2.75) is 30.8 Å². The van der Waals surface area contributed by atoms with Crippen LogP contribution in [0, 0.1) is 0 Å². The lowest BCUT2D eigenvalue weighted by Gasteiger charge is -2.33. The van der Waals surface area contributed by atoms with Gasteiger partial charge in [0.05, 0.1) is 44.4 Å². The number of quaternary nitrogens is 1. The van der Waals surface area contributed by atoms with E-state index in [-0.39, 0.29) is 5.91 Å². The number of benzene rings is 2. The SMILES string of the molecule is CC[NH+]1CCN(c2ccc(NC(=O)c3ccccc3SC[C@@H]3CCCO3)cc2)CC1. The molecule has 0 spiro atoms. The van der Waals surface area contributed by atoms with Crippen LogP contribution in [0.3, 0.4) is 0 Å². The Morgan fingerprint density at radius 1 is 1.17 bits per heavy atom.